The molecule has 2 rings (SSSR count). The molecular weight excluding hydrogens is 232 g/mol. The highest BCUT2D eigenvalue weighted by atomic mass is 79.9. The van der Waals surface area contributed by atoms with Gasteiger partial charge in [-0.1, -0.05) is 22.0 Å². The Hall–Kier alpha value is -0.710. The van der Waals surface area contributed by atoms with E-state index in [2.05, 4.69) is 37.5 Å². The molecule has 1 heterocycles. The van der Waals surface area contributed by atoms with Gasteiger partial charge in [-0.05, 0) is 29.7 Å². The Morgan fingerprint density at radius 3 is 3.08 bits per heavy atom. The smallest absolute Gasteiger partial charge is 0.158 e. The topological polar surface area (TPSA) is 43.6 Å². The molecule has 1 aliphatic rings. The van der Waals surface area contributed by atoms with Gasteiger partial charge in [0.15, 0.2) is 5.82 Å². The third-order valence-electron chi connectivity index (χ3n) is 2.33. The van der Waals surface area contributed by atoms with E-state index in [-0.39, 0.29) is 0 Å². The van der Waals surface area contributed by atoms with E-state index in [9.17, 15) is 0 Å². The summed E-state index contributed by atoms with van der Waals surface area (Å²) in [6.45, 7) is 0. The van der Waals surface area contributed by atoms with Gasteiger partial charge in [0.05, 0.1) is 5.92 Å². The molecule has 1 aliphatic carbocycles. The number of hydrogen-bond donors (Lipinski definition) is 0. The first-order chi connectivity index (χ1) is 6.29. The van der Waals surface area contributed by atoms with Crippen molar-refractivity contribution in [3.8, 4) is 0 Å². The highest BCUT2D eigenvalue weighted by molar-refractivity contribution is 9.11. The van der Waals surface area contributed by atoms with E-state index in [1.807, 2.05) is 7.05 Å². The molecule has 0 aliphatic heterocycles. The van der Waals surface area contributed by atoms with Crippen molar-refractivity contribution in [1.29, 1.82) is 0 Å². The highest BCUT2D eigenvalue weighted by Gasteiger charge is 2.22. The van der Waals surface area contributed by atoms with Gasteiger partial charge in [-0.15, -0.1) is 5.10 Å². The molecule has 1 aromatic heterocycles. The largest absolute Gasteiger partial charge is 0.232 e. The van der Waals surface area contributed by atoms with Gasteiger partial charge in [0.25, 0.3) is 0 Å². The van der Waals surface area contributed by atoms with Crippen LogP contribution in [-0.4, -0.2) is 20.2 Å². The van der Waals surface area contributed by atoms with Crippen molar-refractivity contribution >= 4 is 15.9 Å². The first-order valence-corrected chi connectivity index (χ1v) is 5.16. The minimum absolute atomic E-state index is 0.355. The van der Waals surface area contributed by atoms with Crippen LogP contribution in [0, 0.1) is 0 Å². The number of aryl methyl sites for hydroxylation is 1. The van der Waals surface area contributed by atoms with E-state index in [1.54, 1.807) is 4.68 Å². The average molecular weight is 243 g/mol. The maximum atomic E-state index is 4.02. The zero-order valence-electron chi connectivity index (χ0n) is 7.44. The number of halogens is 1. The van der Waals surface area contributed by atoms with Crippen molar-refractivity contribution in [2.45, 2.75) is 25.2 Å². The summed E-state index contributed by atoms with van der Waals surface area (Å²) in [7, 11) is 1.88. The maximum absolute atomic E-state index is 4.02. The molecule has 0 spiro atoms. The van der Waals surface area contributed by atoms with Crippen LogP contribution in [0.3, 0.4) is 0 Å². The van der Waals surface area contributed by atoms with Crippen LogP contribution in [0.2, 0.25) is 0 Å². The molecule has 0 amide bonds. The summed E-state index contributed by atoms with van der Waals surface area (Å²) in [5, 5.41) is 11.5. The molecule has 4 nitrogen and oxygen atoms in total. The summed E-state index contributed by atoms with van der Waals surface area (Å²) in [5.74, 6) is 1.30. The molecule has 1 unspecified atom stereocenters. The molecular formula is C8H11BrN4. The quantitative estimate of drug-likeness (QED) is 0.754. The molecule has 0 radical (unpaired) electrons. The zero-order valence-corrected chi connectivity index (χ0v) is 9.03. The van der Waals surface area contributed by atoms with Crippen molar-refractivity contribution in [3.63, 3.8) is 0 Å². The minimum atomic E-state index is 0.355. The number of aromatic nitrogens is 4. The Morgan fingerprint density at radius 1 is 1.62 bits per heavy atom. The molecule has 13 heavy (non-hydrogen) atoms. The number of tetrazole rings is 1. The summed E-state index contributed by atoms with van der Waals surface area (Å²) in [4.78, 5) is 0. The lowest BCUT2D eigenvalue weighted by molar-refractivity contribution is 0.580. The molecule has 0 saturated carbocycles. The van der Waals surface area contributed by atoms with E-state index in [4.69, 9.17) is 0 Å². The Kier molecular flexibility index (Phi) is 2.44. The van der Waals surface area contributed by atoms with Crippen LogP contribution in [0.1, 0.15) is 31.0 Å². The summed E-state index contributed by atoms with van der Waals surface area (Å²) in [6.07, 6.45) is 5.71. The van der Waals surface area contributed by atoms with E-state index in [0.29, 0.717) is 5.92 Å². The SMILES string of the molecule is Cn1nnnc1C1CCCC=C1Br. The Bertz CT molecular complexity index is 331. The summed E-state index contributed by atoms with van der Waals surface area (Å²) in [5.41, 5.74) is 0. The highest BCUT2D eigenvalue weighted by Crippen LogP contribution is 2.35. The molecule has 1 aromatic rings. The fourth-order valence-corrected chi connectivity index (χ4v) is 2.29. The van der Waals surface area contributed by atoms with Crippen molar-refractivity contribution in [2.75, 3.05) is 0 Å². The van der Waals surface area contributed by atoms with Crippen LogP contribution >= 0.6 is 15.9 Å². The zero-order chi connectivity index (χ0) is 9.26. The first-order valence-electron chi connectivity index (χ1n) is 4.37. The summed E-state index contributed by atoms with van der Waals surface area (Å²) >= 11 is 3.56. The normalized spacial score (nSPS) is 22.9. The lowest BCUT2D eigenvalue weighted by atomic mass is 9.95. The molecule has 0 aromatic carbocycles. The fraction of sp³-hybridized carbons (Fsp3) is 0.625. The Balaban J connectivity index is 2.30. The molecule has 5 heteroatoms. The molecule has 0 N–H and O–H groups in total. The van der Waals surface area contributed by atoms with Gasteiger partial charge < -0.3 is 0 Å². The van der Waals surface area contributed by atoms with Gasteiger partial charge in [0, 0.05) is 11.5 Å². The van der Waals surface area contributed by atoms with Gasteiger partial charge in [-0.3, -0.25) is 0 Å². The van der Waals surface area contributed by atoms with Crippen molar-refractivity contribution in [1.82, 2.24) is 20.2 Å². The second-order valence-corrected chi connectivity index (χ2v) is 4.15. The number of rotatable bonds is 1. The van der Waals surface area contributed by atoms with Crippen LogP contribution in [0.25, 0.3) is 0 Å². The van der Waals surface area contributed by atoms with E-state index in [0.717, 1.165) is 18.7 Å². The van der Waals surface area contributed by atoms with E-state index < -0.39 is 0 Å². The van der Waals surface area contributed by atoms with Gasteiger partial charge in [0.1, 0.15) is 0 Å². The molecule has 1 atom stereocenters. The van der Waals surface area contributed by atoms with Crippen LogP contribution < -0.4 is 0 Å². The third-order valence-corrected chi connectivity index (χ3v) is 3.21. The van der Waals surface area contributed by atoms with Crippen LogP contribution in [0.4, 0.5) is 0 Å². The van der Waals surface area contributed by atoms with Gasteiger partial charge >= 0.3 is 0 Å². The lowest BCUT2D eigenvalue weighted by Gasteiger charge is -2.18. The Labute approximate surface area is 85.1 Å². The summed E-state index contributed by atoms with van der Waals surface area (Å²) < 4.78 is 2.96. The van der Waals surface area contributed by atoms with Crippen LogP contribution in [-0.2, 0) is 7.05 Å². The molecule has 70 valence electrons. The predicted molar refractivity (Wildman–Crippen MR) is 52.4 cm³/mol. The molecule has 0 saturated heterocycles. The predicted octanol–water partition coefficient (Wildman–Crippen LogP) is 1.76. The van der Waals surface area contributed by atoms with E-state index >= 15 is 0 Å². The monoisotopic (exact) mass is 242 g/mol. The van der Waals surface area contributed by atoms with Crippen LogP contribution in [0.15, 0.2) is 10.6 Å². The van der Waals surface area contributed by atoms with Crippen molar-refractivity contribution < 1.29 is 0 Å². The number of nitrogens with zero attached hydrogens (tertiary/aromatic N) is 4. The fourth-order valence-electron chi connectivity index (χ4n) is 1.63. The second-order valence-electron chi connectivity index (χ2n) is 3.23. The van der Waals surface area contributed by atoms with Crippen molar-refractivity contribution in [2.24, 2.45) is 7.05 Å². The first kappa shape index (κ1) is 8.87. The van der Waals surface area contributed by atoms with Gasteiger partial charge in [-0.25, -0.2) is 4.68 Å². The Morgan fingerprint density at radius 2 is 2.46 bits per heavy atom. The molecule has 0 bridgehead atoms. The molecule has 0 fully saturated rings. The van der Waals surface area contributed by atoms with Gasteiger partial charge in [0.2, 0.25) is 0 Å². The number of allylic oxidation sites excluding steroid dienone is 2. The third kappa shape index (κ3) is 1.65. The van der Waals surface area contributed by atoms with Crippen molar-refractivity contribution in [3.05, 3.63) is 16.4 Å². The van der Waals surface area contributed by atoms with Crippen LogP contribution in [0.5, 0.6) is 0 Å². The second kappa shape index (κ2) is 3.57. The average Bonchev–Trinajstić information content (AvgIpc) is 2.52. The number of hydrogen-bond acceptors (Lipinski definition) is 3. The lowest BCUT2D eigenvalue weighted by Crippen LogP contribution is -2.10. The standard InChI is InChI=1S/C8H11BrN4/c1-13-8(10-11-12-13)6-4-2-3-5-7(6)9/h5-6H,2-4H2,1H3. The summed E-state index contributed by atoms with van der Waals surface area (Å²) in [6, 6.07) is 0. The minimum Gasteiger partial charge on any atom is -0.232 e. The van der Waals surface area contributed by atoms with E-state index in [1.165, 1.54) is 10.9 Å². The van der Waals surface area contributed by atoms with Gasteiger partial charge in [-0.2, -0.15) is 0 Å². The maximum Gasteiger partial charge on any atom is 0.158 e.